The fraction of sp³-hybridized carbons (Fsp3) is 0.273. The maximum atomic E-state index is 6.89. The van der Waals surface area contributed by atoms with Gasteiger partial charge in [0.2, 0.25) is 0 Å². The number of hydrogen-bond donors (Lipinski definition) is 0. The van der Waals surface area contributed by atoms with Gasteiger partial charge in [0.1, 0.15) is 22.3 Å². The van der Waals surface area contributed by atoms with E-state index in [1.165, 1.54) is 58.6 Å². The van der Waals surface area contributed by atoms with Gasteiger partial charge in [0.15, 0.2) is 0 Å². The molecule has 4 heterocycles. The summed E-state index contributed by atoms with van der Waals surface area (Å²) >= 11 is 0. The second-order valence-electron chi connectivity index (χ2n) is 14.7. The van der Waals surface area contributed by atoms with Gasteiger partial charge < -0.3 is 18.6 Å². The van der Waals surface area contributed by atoms with Gasteiger partial charge >= 0.3 is 0 Å². The van der Waals surface area contributed by atoms with E-state index < -0.39 is 0 Å². The highest BCUT2D eigenvalue weighted by molar-refractivity contribution is 6.25. The van der Waals surface area contributed by atoms with Crippen molar-refractivity contribution in [3.8, 4) is 11.1 Å². The van der Waals surface area contributed by atoms with Crippen LogP contribution in [0, 0.1) is 11.8 Å². The van der Waals surface area contributed by atoms with E-state index >= 15 is 0 Å². The lowest BCUT2D eigenvalue weighted by Gasteiger charge is -2.32. The van der Waals surface area contributed by atoms with Crippen molar-refractivity contribution in [3.63, 3.8) is 0 Å². The number of nitrogens with zero attached hydrogens (tertiary/aromatic N) is 2. The molecule has 0 unspecified atom stereocenters. The predicted molar refractivity (Wildman–Crippen MR) is 203 cm³/mol. The average Bonchev–Trinajstić information content (AvgIpc) is 3.65. The van der Waals surface area contributed by atoms with Crippen molar-refractivity contribution in [1.82, 2.24) is 0 Å². The molecule has 0 amide bonds. The Morgan fingerprint density at radius 1 is 0.500 bits per heavy atom. The van der Waals surface area contributed by atoms with Crippen LogP contribution < -0.4 is 9.80 Å². The van der Waals surface area contributed by atoms with Crippen molar-refractivity contribution in [2.24, 2.45) is 11.8 Å². The Balaban J connectivity index is 1.16. The van der Waals surface area contributed by atoms with Gasteiger partial charge in [0, 0.05) is 64.7 Å². The van der Waals surface area contributed by atoms with E-state index in [0.29, 0.717) is 0 Å². The van der Waals surface area contributed by atoms with Crippen molar-refractivity contribution in [2.75, 3.05) is 36.0 Å². The molecule has 10 rings (SSSR count). The molecule has 2 aliphatic rings. The summed E-state index contributed by atoms with van der Waals surface area (Å²) in [6, 6.07) is 35.8. The number of rotatable bonds is 3. The molecule has 0 spiro atoms. The van der Waals surface area contributed by atoms with E-state index in [4.69, 9.17) is 8.83 Å². The van der Waals surface area contributed by atoms with Gasteiger partial charge in [-0.15, -0.1) is 0 Å². The molecule has 0 bridgehead atoms. The van der Waals surface area contributed by atoms with E-state index in [9.17, 15) is 0 Å². The summed E-state index contributed by atoms with van der Waals surface area (Å²) < 4.78 is 13.7. The number of benzene rings is 6. The van der Waals surface area contributed by atoms with E-state index in [2.05, 4.69) is 121 Å². The Hall–Kier alpha value is -4.96. The molecule has 2 aromatic heterocycles. The lowest BCUT2D eigenvalue weighted by Crippen LogP contribution is -2.32. The van der Waals surface area contributed by atoms with Crippen LogP contribution in [-0.2, 0) is 0 Å². The number of hydrogen-bond acceptors (Lipinski definition) is 4. The minimum Gasteiger partial charge on any atom is -0.456 e. The summed E-state index contributed by atoms with van der Waals surface area (Å²) in [5.41, 5.74) is 8.50. The highest BCUT2D eigenvalue weighted by Crippen LogP contribution is 2.46. The molecule has 48 heavy (non-hydrogen) atoms. The number of anilines is 2. The molecule has 4 heteroatoms. The molecule has 0 aliphatic carbocycles. The van der Waals surface area contributed by atoms with Gasteiger partial charge in [-0.3, -0.25) is 0 Å². The van der Waals surface area contributed by atoms with Crippen molar-refractivity contribution in [2.45, 2.75) is 39.5 Å². The third-order valence-corrected chi connectivity index (χ3v) is 11.4. The van der Waals surface area contributed by atoms with Gasteiger partial charge in [0.25, 0.3) is 0 Å². The molecule has 238 valence electrons. The Labute approximate surface area is 280 Å². The SMILES string of the molecule is CC1CCN(c2ccc3cc4c(cc3c2)oc2c(-c3ccccc3)c3c(cc24)oc2cc4cc(N5CCC(C)CC5)ccc4cc23)CC1. The minimum absolute atomic E-state index is 0.813. The van der Waals surface area contributed by atoms with Crippen LogP contribution >= 0.6 is 0 Å². The van der Waals surface area contributed by atoms with E-state index in [1.807, 2.05) is 0 Å². The van der Waals surface area contributed by atoms with Crippen LogP contribution in [0.5, 0.6) is 0 Å². The van der Waals surface area contributed by atoms with Crippen LogP contribution in [0.4, 0.5) is 11.4 Å². The monoisotopic (exact) mass is 628 g/mol. The minimum atomic E-state index is 0.813. The number of fused-ring (bicyclic) bond motifs is 8. The molecule has 0 radical (unpaired) electrons. The van der Waals surface area contributed by atoms with Gasteiger partial charge in [-0.25, -0.2) is 0 Å². The molecule has 4 nitrogen and oxygen atoms in total. The lowest BCUT2D eigenvalue weighted by atomic mass is 9.95. The zero-order chi connectivity index (χ0) is 31.9. The Bertz CT molecular complexity index is 2470. The zero-order valence-electron chi connectivity index (χ0n) is 27.8. The Morgan fingerprint density at radius 3 is 1.67 bits per heavy atom. The molecule has 2 saturated heterocycles. The summed E-state index contributed by atoms with van der Waals surface area (Å²) in [6.45, 7) is 9.24. The normalized spacial score (nSPS) is 16.9. The molecule has 2 aliphatic heterocycles. The first-order valence-electron chi connectivity index (χ1n) is 17.8. The van der Waals surface area contributed by atoms with Crippen molar-refractivity contribution < 1.29 is 8.83 Å². The van der Waals surface area contributed by atoms with Crippen LogP contribution in [0.15, 0.2) is 106 Å². The molecule has 0 N–H and O–H groups in total. The van der Waals surface area contributed by atoms with Crippen molar-refractivity contribution in [3.05, 3.63) is 97.1 Å². The second kappa shape index (κ2) is 10.8. The second-order valence-corrected chi connectivity index (χ2v) is 14.7. The first-order chi connectivity index (χ1) is 23.6. The van der Waals surface area contributed by atoms with Gasteiger partial charge in [-0.05, 0) is 119 Å². The number of furan rings is 2. The molecule has 0 atom stereocenters. The maximum absolute atomic E-state index is 6.89. The van der Waals surface area contributed by atoms with E-state index in [0.717, 1.165) is 93.0 Å². The lowest BCUT2D eigenvalue weighted by molar-refractivity contribution is 0.438. The number of piperidine rings is 2. The van der Waals surface area contributed by atoms with Crippen LogP contribution in [0.1, 0.15) is 39.5 Å². The summed E-state index contributed by atoms with van der Waals surface area (Å²) in [5.74, 6) is 1.63. The summed E-state index contributed by atoms with van der Waals surface area (Å²) in [7, 11) is 0. The predicted octanol–water partition coefficient (Wildman–Crippen LogP) is 11.9. The van der Waals surface area contributed by atoms with Crippen molar-refractivity contribution >= 4 is 76.8 Å². The summed E-state index contributed by atoms with van der Waals surface area (Å²) in [6.07, 6.45) is 5.03. The highest BCUT2D eigenvalue weighted by Gasteiger charge is 2.23. The third kappa shape index (κ3) is 4.49. The van der Waals surface area contributed by atoms with Crippen molar-refractivity contribution in [1.29, 1.82) is 0 Å². The Morgan fingerprint density at radius 2 is 1.06 bits per heavy atom. The van der Waals surface area contributed by atoms with Gasteiger partial charge in [0.05, 0.1) is 0 Å². The summed E-state index contributed by atoms with van der Waals surface area (Å²) in [4.78, 5) is 5.07. The standard InChI is InChI=1S/C44H40N2O2/c1-27-12-16-45(17-13-27)34-10-8-30-22-36-37-26-41-43(42(29-6-4-3-5-7-29)44(37)48-39(36)24-32(30)20-34)38-23-31-9-11-35(21-33(31)25-40(38)47-41)46-18-14-28(2)15-19-46/h3-11,20-28H,12-19H2,1-2H3. The van der Waals surface area contributed by atoms with Crippen LogP contribution in [0.2, 0.25) is 0 Å². The quantitative estimate of drug-likeness (QED) is 0.195. The molecule has 8 aromatic rings. The fourth-order valence-electron chi connectivity index (χ4n) is 8.43. The zero-order valence-corrected chi connectivity index (χ0v) is 27.8. The molecule has 0 saturated carbocycles. The van der Waals surface area contributed by atoms with Gasteiger partial charge in [-0.2, -0.15) is 0 Å². The van der Waals surface area contributed by atoms with E-state index in [1.54, 1.807) is 0 Å². The van der Waals surface area contributed by atoms with Crippen LogP contribution in [0.25, 0.3) is 76.5 Å². The summed E-state index contributed by atoms with van der Waals surface area (Å²) in [5, 5.41) is 9.37. The molecular formula is C44H40N2O2. The van der Waals surface area contributed by atoms with Crippen LogP contribution in [0.3, 0.4) is 0 Å². The first kappa shape index (κ1) is 28.1. The van der Waals surface area contributed by atoms with Gasteiger partial charge in [-0.1, -0.05) is 56.3 Å². The molecule has 2 fully saturated rings. The molecular weight excluding hydrogens is 588 g/mol. The average molecular weight is 629 g/mol. The Kier molecular flexibility index (Phi) is 6.31. The van der Waals surface area contributed by atoms with Crippen LogP contribution in [-0.4, -0.2) is 26.2 Å². The topological polar surface area (TPSA) is 32.8 Å². The first-order valence-corrected chi connectivity index (χ1v) is 17.8. The smallest absolute Gasteiger partial charge is 0.144 e. The highest BCUT2D eigenvalue weighted by atomic mass is 16.3. The van der Waals surface area contributed by atoms with E-state index in [-0.39, 0.29) is 0 Å². The fourth-order valence-corrected chi connectivity index (χ4v) is 8.43. The third-order valence-electron chi connectivity index (χ3n) is 11.4. The maximum Gasteiger partial charge on any atom is 0.144 e. The largest absolute Gasteiger partial charge is 0.456 e. The molecule has 6 aromatic carbocycles.